The molecule has 6 nitrogen and oxygen atoms in total. The molecule has 1 amide bonds. The Bertz CT molecular complexity index is 1040. The number of benzene rings is 2. The number of fused-ring (bicyclic) bond motifs is 1. The van der Waals surface area contributed by atoms with Crippen LogP contribution in [0.4, 0.5) is 0 Å². The van der Waals surface area contributed by atoms with Crippen molar-refractivity contribution in [1.29, 1.82) is 0 Å². The maximum Gasteiger partial charge on any atom is 0.420 e. The van der Waals surface area contributed by atoms with Gasteiger partial charge in [-0.3, -0.25) is 9.36 Å². The first-order chi connectivity index (χ1) is 13.0. The van der Waals surface area contributed by atoms with Crippen molar-refractivity contribution in [2.24, 2.45) is 0 Å². The van der Waals surface area contributed by atoms with E-state index in [1.165, 1.54) is 4.57 Å². The van der Waals surface area contributed by atoms with Crippen molar-refractivity contribution >= 4 is 40.2 Å². The Balaban J connectivity index is 1.53. The minimum atomic E-state index is -0.545. The van der Waals surface area contributed by atoms with Crippen LogP contribution in [-0.4, -0.2) is 35.1 Å². The molecule has 4 rings (SSSR count). The fourth-order valence-corrected chi connectivity index (χ4v) is 3.78. The summed E-state index contributed by atoms with van der Waals surface area (Å²) in [7, 11) is 0. The molecule has 3 aromatic rings. The average molecular weight is 407 g/mol. The molecule has 1 fully saturated rings. The molecule has 1 atom stereocenters. The number of ether oxygens (including phenoxy) is 1. The predicted molar refractivity (Wildman–Crippen MR) is 102 cm³/mol. The van der Waals surface area contributed by atoms with Crippen molar-refractivity contribution in [1.82, 2.24) is 9.47 Å². The van der Waals surface area contributed by atoms with Crippen molar-refractivity contribution in [2.45, 2.75) is 12.6 Å². The summed E-state index contributed by atoms with van der Waals surface area (Å²) in [5.41, 5.74) is 1.88. The van der Waals surface area contributed by atoms with Crippen molar-refractivity contribution in [3.63, 3.8) is 0 Å². The van der Waals surface area contributed by atoms with Crippen molar-refractivity contribution in [2.75, 3.05) is 19.7 Å². The zero-order chi connectivity index (χ0) is 19.0. The molecule has 1 saturated heterocycles. The molecule has 1 aliphatic rings. The fraction of sp³-hybridized carbons (Fsp3) is 0.263. The second kappa shape index (κ2) is 7.38. The molecule has 2 aromatic carbocycles. The lowest BCUT2D eigenvalue weighted by molar-refractivity contribution is -0.139. The molecule has 0 spiro atoms. The van der Waals surface area contributed by atoms with Gasteiger partial charge in [0.1, 0.15) is 12.6 Å². The average Bonchev–Trinajstić information content (AvgIpc) is 2.96. The van der Waals surface area contributed by atoms with Gasteiger partial charge in [0, 0.05) is 16.6 Å². The van der Waals surface area contributed by atoms with Crippen molar-refractivity contribution < 1.29 is 13.9 Å². The number of hydrogen-bond donors (Lipinski definition) is 0. The number of oxazole rings is 1. The van der Waals surface area contributed by atoms with Crippen LogP contribution in [-0.2, 0) is 16.1 Å². The van der Waals surface area contributed by atoms with E-state index in [1.807, 2.05) is 0 Å². The maximum absolute atomic E-state index is 12.8. The van der Waals surface area contributed by atoms with E-state index in [2.05, 4.69) is 0 Å². The first-order valence-electron chi connectivity index (χ1n) is 8.45. The number of nitrogens with zero attached hydrogens (tertiary/aromatic N) is 2. The summed E-state index contributed by atoms with van der Waals surface area (Å²) in [6.07, 6.45) is -0.322. The van der Waals surface area contributed by atoms with E-state index in [0.29, 0.717) is 40.8 Å². The minimum Gasteiger partial charge on any atom is -0.408 e. The van der Waals surface area contributed by atoms with Crippen LogP contribution in [0.1, 0.15) is 11.7 Å². The highest BCUT2D eigenvalue weighted by molar-refractivity contribution is 6.34. The van der Waals surface area contributed by atoms with Gasteiger partial charge in [0.2, 0.25) is 5.91 Å². The minimum absolute atomic E-state index is 0.0845. The normalized spacial score (nSPS) is 17.4. The van der Waals surface area contributed by atoms with Crippen molar-refractivity contribution in [3.8, 4) is 0 Å². The van der Waals surface area contributed by atoms with Crippen LogP contribution in [0.3, 0.4) is 0 Å². The molecule has 140 valence electrons. The molecule has 1 aliphatic heterocycles. The van der Waals surface area contributed by atoms with Gasteiger partial charge in [-0.25, -0.2) is 4.79 Å². The topological polar surface area (TPSA) is 64.7 Å². The van der Waals surface area contributed by atoms with Gasteiger partial charge in [0.15, 0.2) is 5.58 Å². The molecule has 0 saturated carbocycles. The lowest BCUT2D eigenvalue weighted by atomic mass is 10.1. The smallest absolute Gasteiger partial charge is 0.408 e. The van der Waals surface area contributed by atoms with E-state index >= 15 is 0 Å². The number of morpholine rings is 1. The van der Waals surface area contributed by atoms with E-state index in [4.69, 9.17) is 32.4 Å². The van der Waals surface area contributed by atoms with Crippen LogP contribution in [0.15, 0.2) is 51.7 Å². The molecule has 27 heavy (non-hydrogen) atoms. The quantitative estimate of drug-likeness (QED) is 0.667. The molecule has 0 aliphatic carbocycles. The second-order valence-electron chi connectivity index (χ2n) is 6.32. The largest absolute Gasteiger partial charge is 0.420 e. The number of rotatable bonds is 3. The summed E-state index contributed by atoms with van der Waals surface area (Å²) in [4.78, 5) is 26.6. The van der Waals surface area contributed by atoms with Gasteiger partial charge in [-0.15, -0.1) is 0 Å². The fourth-order valence-electron chi connectivity index (χ4n) is 3.24. The van der Waals surface area contributed by atoms with E-state index in [1.54, 1.807) is 47.4 Å². The summed E-state index contributed by atoms with van der Waals surface area (Å²) in [6.45, 7) is 1.12. The van der Waals surface area contributed by atoms with Crippen LogP contribution >= 0.6 is 23.2 Å². The van der Waals surface area contributed by atoms with Crippen molar-refractivity contribution in [3.05, 3.63) is 68.6 Å². The molecule has 0 bridgehead atoms. The van der Waals surface area contributed by atoms with Gasteiger partial charge in [-0.1, -0.05) is 35.3 Å². The molecule has 0 unspecified atom stereocenters. The van der Waals surface area contributed by atoms with Gasteiger partial charge in [-0.05, 0) is 35.9 Å². The lowest BCUT2D eigenvalue weighted by Gasteiger charge is -2.33. The standard InChI is InChI=1S/C19H16Cl2N2O4/c20-13-7-12(8-14(21)9-13)17-10-22(5-6-26-17)18(24)11-23-15-3-1-2-4-16(15)27-19(23)25/h1-4,7-9,17H,5-6,10-11H2/t17-/m1/s1. The third kappa shape index (κ3) is 3.74. The summed E-state index contributed by atoms with van der Waals surface area (Å²) in [5, 5.41) is 1.03. The van der Waals surface area contributed by atoms with E-state index < -0.39 is 5.76 Å². The van der Waals surface area contributed by atoms with Gasteiger partial charge >= 0.3 is 5.76 Å². The summed E-state index contributed by atoms with van der Waals surface area (Å²) in [6, 6.07) is 12.2. The Morgan fingerprint density at radius 1 is 1.15 bits per heavy atom. The third-order valence-electron chi connectivity index (χ3n) is 4.54. The van der Waals surface area contributed by atoms with Crippen LogP contribution in [0.2, 0.25) is 10.0 Å². The van der Waals surface area contributed by atoms with E-state index in [0.717, 1.165) is 5.56 Å². The van der Waals surface area contributed by atoms with Gasteiger partial charge in [0.05, 0.1) is 18.7 Å². The molecule has 0 N–H and O–H groups in total. The monoisotopic (exact) mass is 406 g/mol. The molecular formula is C19H16Cl2N2O4. The number of carbonyl (C=O) groups is 1. The third-order valence-corrected chi connectivity index (χ3v) is 4.98. The van der Waals surface area contributed by atoms with E-state index in [9.17, 15) is 9.59 Å². The van der Waals surface area contributed by atoms with Gasteiger partial charge < -0.3 is 14.1 Å². The van der Waals surface area contributed by atoms with Crippen LogP contribution in [0.25, 0.3) is 11.1 Å². The maximum atomic E-state index is 12.8. The van der Waals surface area contributed by atoms with Crippen LogP contribution in [0.5, 0.6) is 0 Å². The number of aromatic nitrogens is 1. The Hall–Kier alpha value is -2.28. The summed E-state index contributed by atoms with van der Waals surface area (Å²) >= 11 is 12.1. The molecular weight excluding hydrogens is 391 g/mol. The second-order valence-corrected chi connectivity index (χ2v) is 7.20. The Labute approximate surface area is 164 Å². The Morgan fingerprint density at radius 3 is 2.67 bits per heavy atom. The zero-order valence-corrected chi connectivity index (χ0v) is 15.7. The van der Waals surface area contributed by atoms with Gasteiger partial charge in [-0.2, -0.15) is 0 Å². The van der Waals surface area contributed by atoms with Crippen LogP contribution < -0.4 is 5.76 Å². The lowest BCUT2D eigenvalue weighted by Crippen LogP contribution is -2.44. The van der Waals surface area contributed by atoms with E-state index in [-0.39, 0.29) is 18.6 Å². The number of halogens is 2. The molecule has 2 heterocycles. The predicted octanol–water partition coefficient (Wildman–Crippen LogP) is 3.50. The Kier molecular flexibility index (Phi) is 4.95. The van der Waals surface area contributed by atoms with Gasteiger partial charge in [0.25, 0.3) is 0 Å². The number of amides is 1. The highest BCUT2D eigenvalue weighted by Gasteiger charge is 2.27. The first kappa shape index (κ1) is 18.1. The number of hydrogen-bond acceptors (Lipinski definition) is 4. The highest BCUT2D eigenvalue weighted by Crippen LogP contribution is 2.28. The molecule has 0 radical (unpaired) electrons. The summed E-state index contributed by atoms with van der Waals surface area (Å²) in [5.74, 6) is -0.721. The summed E-state index contributed by atoms with van der Waals surface area (Å²) < 4.78 is 12.3. The number of carbonyl (C=O) groups excluding carboxylic acids is 1. The Morgan fingerprint density at radius 2 is 1.89 bits per heavy atom. The zero-order valence-electron chi connectivity index (χ0n) is 14.2. The SMILES string of the molecule is O=C(Cn1c(=O)oc2ccccc21)N1CCO[C@@H](c2cc(Cl)cc(Cl)c2)C1. The molecule has 1 aromatic heterocycles. The first-order valence-corrected chi connectivity index (χ1v) is 9.20. The highest BCUT2D eigenvalue weighted by atomic mass is 35.5. The number of para-hydroxylation sites is 2. The van der Waals surface area contributed by atoms with Crippen LogP contribution in [0, 0.1) is 0 Å². The molecule has 8 heteroatoms.